The molecule has 0 aliphatic carbocycles. The molecule has 0 aliphatic rings. The van der Waals surface area contributed by atoms with E-state index in [9.17, 15) is 19.2 Å². The Balaban J connectivity index is 1.78. The average molecular weight is 468 g/mol. The third kappa shape index (κ3) is 9.85. The van der Waals surface area contributed by atoms with E-state index in [0.29, 0.717) is 11.3 Å². The highest BCUT2D eigenvalue weighted by molar-refractivity contribution is 6.00. The number of carbonyl (C=O) groups excluding carboxylic acids is 4. The highest BCUT2D eigenvalue weighted by Gasteiger charge is 2.16. The quantitative estimate of drug-likeness (QED) is 0.455. The number of Topliss-reactive ketones (excluding diaryl/α,β-unsaturated/α-hetero) is 1. The monoisotopic (exact) mass is 467 g/mol. The molecule has 2 aromatic rings. The van der Waals surface area contributed by atoms with Crippen LogP contribution < -0.4 is 16.0 Å². The second-order valence-electron chi connectivity index (χ2n) is 8.95. The lowest BCUT2D eigenvalue weighted by atomic mass is 10.0. The van der Waals surface area contributed by atoms with E-state index < -0.39 is 11.7 Å². The number of hydrogen-bond donors (Lipinski definition) is 3. The molecule has 0 atom stereocenters. The van der Waals surface area contributed by atoms with E-state index in [1.165, 1.54) is 0 Å². The molecule has 0 bridgehead atoms. The Morgan fingerprint density at radius 1 is 0.824 bits per heavy atom. The van der Waals surface area contributed by atoms with Gasteiger partial charge in [-0.1, -0.05) is 48.0 Å². The molecule has 34 heavy (non-hydrogen) atoms. The minimum absolute atomic E-state index is 0.0593. The van der Waals surface area contributed by atoms with Crippen molar-refractivity contribution in [1.82, 2.24) is 10.6 Å². The van der Waals surface area contributed by atoms with Crippen LogP contribution in [0, 0.1) is 6.92 Å². The fourth-order valence-electron chi connectivity index (χ4n) is 2.99. The first-order chi connectivity index (χ1) is 16.0. The van der Waals surface area contributed by atoms with E-state index in [1.807, 2.05) is 25.1 Å². The SMILES string of the molecule is Cc1ccc(C(=O)CCC(=O)Nc2ccccc2CNC(=O)CCNC(=O)OC(C)(C)C)cc1. The number of para-hydroxylation sites is 1. The zero-order valence-corrected chi connectivity index (χ0v) is 20.2. The van der Waals surface area contributed by atoms with Crippen molar-refractivity contribution in [3.05, 3.63) is 65.2 Å². The lowest BCUT2D eigenvalue weighted by molar-refractivity contribution is -0.121. The number of ketones is 1. The molecule has 8 nitrogen and oxygen atoms in total. The van der Waals surface area contributed by atoms with Crippen LogP contribution in [0.25, 0.3) is 0 Å². The molecular formula is C26H33N3O5. The predicted molar refractivity (Wildman–Crippen MR) is 131 cm³/mol. The largest absolute Gasteiger partial charge is 0.444 e. The number of alkyl carbamates (subject to hydrolysis) is 1. The van der Waals surface area contributed by atoms with Gasteiger partial charge in [0.1, 0.15) is 5.60 Å². The van der Waals surface area contributed by atoms with E-state index in [0.717, 1.165) is 11.1 Å². The summed E-state index contributed by atoms with van der Waals surface area (Å²) in [6.07, 6.45) is -0.314. The van der Waals surface area contributed by atoms with Crippen LogP contribution in [0.4, 0.5) is 10.5 Å². The molecule has 0 aliphatic heterocycles. The summed E-state index contributed by atoms with van der Waals surface area (Å²) in [5, 5.41) is 8.13. The molecule has 8 heteroatoms. The first kappa shape index (κ1) is 26.6. The number of anilines is 1. The van der Waals surface area contributed by atoms with E-state index >= 15 is 0 Å². The van der Waals surface area contributed by atoms with Crippen LogP contribution in [0.3, 0.4) is 0 Å². The summed E-state index contributed by atoms with van der Waals surface area (Å²) < 4.78 is 5.12. The Morgan fingerprint density at radius 2 is 1.50 bits per heavy atom. The third-order valence-corrected chi connectivity index (χ3v) is 4.74. The molecule has 0 aromatic heterocycles. The highest BCUT2D eigenvalue weighted by atomic mass is 16.6. The maximum atomic E-state index is 12.4. The van der Waals surface area contributed by atoms with Gasteiger partial charge in [-0.3, -0.25) is 14.4 Å². The Bertz CT molecular complexity index is 1010. The van der Waals surface area contributed by atoms with Crippen LogP contribution >= 0.6 is 0 Å². The molecule has 0 radical (unpaired) electrons. The molecule has 0 unspecified atom stereocenters. The Kier molecular flexibility index (Phi) is 9.79. The number of nitrogens with one attached hydrogen (secondary N) is 3. The molecule has 0 saturated carbocycles. The van der Waals surface area contributed by atoms with Gasteiger partial charge in [0.25, 0.3) is 0 Å². The van der Waals surface area contributed by atoms with Gasteiger partial charge in [-0.15, -0.1) is 0 Å². The van der Waals surface area contributed by atoms with E-state index in [4.69, 9.17) is 4.74 Å². The summed E-state index contributed by atoms with van der Waals surface area (Å²) in [5.41, 5.74) is 2.35. The number of rotatable bonds is 10. The van der Waals surface area contributed by atoms with Crippen molar-refractivity contribution in [1.29, 1.82) is 0 Å². The summed E-state index contributed by atoms with van der Waals surface area (Å²) in [6.45, 7) is 7.59. The number of aryl methyl sites for hydroxylation is 1. The van der Waals surface area contributed by atoms with Crippen molar-refractivity contribution in [2.24, 2.45) is 0 Å². The van der Waals surface area contributed by atoms with Gasteiger partial charge in [0, 0.05) is 43.6 Å². The summed E-state index contributed by atoms with van der Waals surface area (Å²) in [5.74, 6) is -0.614. The second-order valence-corrected chi connectivity index (χ2v) is 8.95. The van der Waals surface area contributed by atoms with Crippen LogP contribution in [0.2, 0.25) is 0 Å². The van der Waals surface area contributed by atoms with Crippen molar-refractivity contribution < 1.29 is 23.9 Å². The smallest absolute Gasteiger partial charge is 0.407 e. The fourth-order valence-corrected chi connectivity index (χ4v) is 2.99. The molecule has 0 fully saturated rings. The molecule has 3 N–H and O–H groups in total. The van der Waals surface area contributed by atoms with Crippen molar-refractivity contribution in [2.45, 2.75) is 59.1 Å². The van der Waals surface area contributed by atoms with E-state index in [2.05, 4.69) is 16.0 Å². The normalized spacial score (nSPS) is 10.8. The first-order valence-corrected chi connectivity index (χ1v) is 11.2. The zero-order chi connectivity index (χ0) is 25.1. The summed E-state index contributed by atoms with van der Waals surface area (Å²) in [7, 11) is 0. The zero-order valence-electron chi connectivity index (χ0n) is 20.2. The number of ether oxygens (including phenoxy) is 1. The van der Waals surface area contributed by atoms with E-state index in [-0.39, 0.29) is 49.9 Å². The summed E-state index contributed by atoms with van der Waals surface area (Å²) >= 11 is 0. The number of benzene rings is 2. The standard InChI is InChI=1S/C26H33N3O5/c1-18-9-11-19(12-10-18)22(30)13-14-24(32)29-21-8-6-5-7-20(21)17-28-23(31)15-16-27-25(33)34-26(2,3)4/h5-12H,13-17H2,1-4H3,(H,27,33)(H,28,31)(H,29,32). The Morgan fingerprint density at radius 3 is 2.18 bits per heavy atom. The maximum absolute atomic E-state index is 12.4. The molecule has 0 heterocycles. The molecule has 3 amide bonds. The minimum Gasteiger partial charge on any atom is -0.444 e. The van der Waals surface area contributed by atoms with Crippen LogP contribution in [0.1, 0.15) is 61.5 Å². The van der Waals surface area contributed by atoms with Gasteiger partial charge in [-0.05, 0) is 39.3 Å². The lowest BCUT2D eigenvalue weighted by Crippen LogP contribution is -2.35. The molecular weight excluding hydrogens is 434 g/mol. The van der Waals surface area contributed by atoms with Crippen molar-refractivity contribution in [3.8, 4) is 0 Å². The number of hydrogen-bond acceptors (Lipinski definition) is 5. The minimum atomic E-state index is -0.603. The molecule has 182 valence electrons. The maximum Gasteiger partial charge on any atom is 0.407 e. The van der Waals surface area contributed by atoms with Crippen LogP contribution in [-0.2, 0) is 20.9 Å². The Hall–Kier alpha value is -3.68. The fraction of sp³-hybridized carbons (Fsp3) is 0.385. The van der Waals surface area contributed by atoms with Crippen LogP contribution in [0.15, 0.2) is 48.5 Å². The van der Waals surface area contributed by atoms with Crippen molar-refractivity contribution in [3.63, 3.8) is 0 Å². The third-order valence-electron chi connectivity index (χ3n) is 4.74. The Labute approximate surface area is 200 Å². The predicted octanol–water partition coefficient (Wildman–Crippen LogP) is 4.13. The second kappa shape index (κ2) is 12.5. The van der Waals surface area contributed by atoms with Gasteiger partial charge in [-0.2, -0.15) is 0 Å². The molecule has 2 aromatic carbocycles. The van der Waals surface area contributed by atoms with Gasteiger partial charge in [0.2, 0.25) is 11.8 Å². The van der Waals surface area contributed by atoms with Crippen molar-refractivity contribution in [2.75, 3.05) is 11.9 Å². The number of amides is 3. The summed E-state index contributed by atoms with van der Waals surface area (Å²) in [4.78, 5) is 48.4. The van der Waals surface area contributed by atoms with Gasteiger partial charge in [0.05, 0.1) is 0 Å². The van der Waals surface area contributed by atoms with E-state index in [1.54, 1.807) is 51.1 Å². The molecule has 2 rings (SSSR count). The van der Waals surface area contributed by atoms with Crippen molar-refractivity contribution >= 4 is 29.4 Å². The van der Waals surface area contributed by atoms with Gasteiger partial charge in [0.15, 0.2) is 5.78 Å². The average Bonchev–Trinajstić information content (AvgIpc) is 2.76. The van der Waals surface area contributed by atoms with Gasteiger partial charge in [-0.25, -0.2) is 4.79 Å². The molecule has 0 saturated heterocycles. The number of carbonyl (C=O) groups is 4. The highest BCUT2D eigenvalue weighted by Crippen LogP contribution is 2.16. The lowest BCUT2D eigenvalue weighted by Gasteiger charge is -2.19. The summed E-state index contributed by atoms with van der Waals surface area (Å²) in [6, 6.07) is 14.4. The first-order valence-electron chi connectivity index (χ1n) is 11.2. The van der Waals surface area contributed by atoms with Crippen LogP contribution in [0.5, 0.6) is 0 Å². The topological polar surface area (TPSA) is 114 Å². The van der Waals surface area contributed by atoms with Gasteiger partial charge < -0.3 is 20.7 Å². The van der Waals surface area contributed by atoms with Crippen LogP contribution in [-0.4, -0.2) is 35.8 Å². The molecule has 0 spiro atoms. The van der Waals surface area contributed by atoms with Gasteiger partial charge >= 0.3 is 6.09 Å².